The van der Waals surface area contributed by atoms with E-state index in [2.05, 4.69) is 70.7 Å². The number of benzene rings is 1. The Morgan fingerprint density at radius 2 is 1.83 bits per heavy atom. The Hall–Kier alpha value is -3.32. The Balaban J connectivity index is 1.33. The van der Waals surface area contributed by atoms with Crippen LogP contribution in [0.5, 0.6) is 11.5 Å². The number of H-pyrrole nitrogens is 1. The summed E-state index contributed by atoms with van der Waals surface area (Å²) in [7, 11) is 4.11. The van der Waals surface area contributed by atoms with Crippen LogP contribution in [0.1, 0.15) is 127 Å². The number of fused-ring (bicyclic) bond motifs is 3. The van der Waals surface area contributed by atoms with Gasteiger partial charge in [-0.3, -0.25) is 9.59 Å². The molecule has 1 N–H and O–H groups in total. The molecule has 1 aromatic heterocycles. The van der Waals surface area contributed by atoms with Gasteiger partial charge in [-0.1, -0.05) is 38.3 Å². The van der Waals surface area contributed by atoms with Crippen LogP contribution in [-0.4, -0.2) is 48.1 Å². The largest absolute Gasteiger partial charge is 0.487 e. The van der Waals surface area contributed by atoms with Gasteiger partial charge in [0.1, 0.15) is 22.9 Å². The zero-order chi connectivity index (χ0) is 33.4. The lowest BCUT2D eigenvalue weighted by atomic mass is 9.68. The first-order chi connectivity index (χ1) is 22.0. The van der Waals surface area contributed by atoms with Crippen molar-refractivity contribution >= 4 is 17.7 Å². The van der Waals surface area contributed by atoms with Crippen LogP contribution in [0.25, 0.3) is 5.76 Å². The number of esters is 2. The van der Waals surface area contributed by atoms with Crippen molar-refractivity contribution in [2.45, 2.75) is 124 Å². The lowest BCUT2D eigenvalue weighted by Gasteiger charge is -2.46. The summed E-state index contributed by atoms with van der Waals surface area (Å²) in [5, 5.41) is 0. The van der Waals surface area contributed by atoms with Crippen LogP contribution in [0.4, 0.5) is 0 Å². The highest BCUT2D eigenvalue weighted by atomic mass is 16.5. The fraction of sp³-hybridized carbons (Fsp3) is 0.590. The minimum absolute atomic E-state index is 0.169. The first kappa shape index (κ1) is 35.5. The van der Waals surface area contributed by atoms with Gasteiger partial charge in [-0.25, -0.2) is 0 Å². The molecule has 2 aromatic rings. The van der Waals surface area contributed by atoms with Crippen LogP contribution < -0.4 is 9.47 Å². The van der Waals surface area contributed by atoms with Crippen molar-refractivity contribution in [3.63, 3.8) is 0 Å². The molecule has 0 saturated carbocycles. The van der Waals surface area contributed by atoms with Gasteiger partial charge in [-0.2, -0.15) is 0 Å². The molecule has 0 bridgehead atoms. The van der Waals surface area contributed by atoms with Gasteiger partial charge in [0.2, 0.25) is 0 Å². The fourth-order valence-corrected chi connectivity index (χ4v) is 7.03. The zero-order valence-corrected chi connectivity index (χ0v) is 29.5. The maximum absolute atomic E-state index is 13.1. The quantitative estimate of drug-likeness (QED) is 0.0696. The average molecular weight is 633 g/mol. The van der Waals surface area contributed by atoms with Crippen LogP contribution in [0.2, 0.25) is 0 Å². The Kier molecular flexibility index (Phi) is 12.4. The second-order valence-electron chi connectivity index (χ2n) is 13.9. The number of hydrogen-bond acceptors (Lipinski definition) is 6. The topological polar surface area (TPSA) is 80.9 Å². The first-order valence-corrected chi connectivity index (χ1v) is 17.4. The second kappa shape index (κ2) is 16.0. The summed E-state index contributed by atoms with van der Waals surface area (Å²) in [4.78, 5) is 31.5. The number of aromatic amines is 1. The highest BCUT2D eigenvalue weighted by Gasteiger charge is 2.45. The SMILES string of the molecule is C/C=C(/OC(=O)CCCCCC(=O)Oc1cc(CCC)cc2c1C1C=C(C)CCC1C(C)(C)O2)c1c(CCN(C)C)c[nH]c1CC. The van der Waals surface area contributed by atoms with Crippen LogP contribution in [0.15, 0.2) is 36.1 Å². The number of nitrogens with zero attached hydrogens (tertiary/aromatic N) is 1. The van der Waals surface area contributed by atoms with E-state index in [-0.39, 0.29) is 23.5 Å². The molecule has 2 atom stereocenters. The van der Waals surface area contributed by atoms with Gasteiger partial charge in [-0.15, -0.1) is 0 Å². The van der Waals surface area contributed by atoms with Crippen molar-refractivity contribution in [2.24, 2.45) is 5.92 Å². The van der Waals surface area contributed by atoms with E-state index in [0.717, 1.165) is 85.2 Å². The molecule has 2 heterocycles. The normalized spacial score (nSPS) is 18.8. The number of carbonyl (C=O) groups excluding carboxylic acids is 2. The van der Waals surface area contributed by atoms with E-state index in [4.69, 9.17) is 14.2 Å². The zero-order valence-electron chi connectivity index (χ0n) is 29.5. The van der Waals surface area contributed by atoms with E-state index in [1.54, 1.807) is 0 Å². The van der Waals surface area contributed by atoms with Gasteiger partial charge >= 0.3 is 11.9 Å². The summed E-state index contributed by atoms with van der Waals surface area (Å²) in [5.74, 6) is 2.12. The van der Waals surface area contributed by atoms with E-state index in [1.165, 1.54) is 5.57 Å². The Labute approximate surface area is 276 Å². The van der Waals surface area contributed by atoms with E-state index in [0.29, 0.717) is 43.1 Å². The molecule has 2 unspecified atom stereocenters. The highest BCUT2D eigenvalue weighted by Crippen LogP contribution is 2.53. The Bertz CT molecular complexity index is 1430. The molecule has 1 aliphatic heterocycles. The monoisotopic (exact) mass is 632 g/mol. The number of carbonyl (C=O) groups is 2. The second-order valence-corrected chi connectivity index (χ2v) is 13.9. The molecular weight excluding hydrogens is 576 g/mol. The molecule has 1 aliphatic carbocycles. The maximum atomic E-state index is 13.1. The van der Waals surface area contributed by atoms with E-state index >= 15 is 0 Å². The third kappa shape index (κ3) is 8.72. The van der Waals surface area contributed by atoms with Crippen molar-refractivity contribution in [3.8, 4) is 11.5 Å². The number of hydrogen-bond donors (Lipinski definition) is 1. The minimum Gasteiger partial charge on any atom is -0.487 e. The van der Waals surface area contributed by atoms with Crippen molar-refractivity contribution in [1.82, 2.24) is 9.88 Å². The molecule has 252 valence electrons. The number of likely N-dealkylation sites (N-methyl/N-ethyl adjacent to an activating group) is 1. The van der Waals surface area contributed by atoms with Gasteiger partial charge < -0.3 is 24.1 Å². The van der Waals surface area contributed by atoms with Crippen LogP contribution in [-0.2, 0) is 33.6 Å². The molecule has 7 heteroatoms. The first-order valence-electron chi connectivity index (χ1n) is 17.4. The number of aryl methyl sites for hydroxylation is 2. The highest BCUT2D eigenvalue weighted by molar-refractivity contribution is 5.79. The Morgan fingerprint density at radius 1 is 1.09 bits per heavy atom. The van der Waals surface area contributed by atoms with Gasteiger partial charge in [0, 0.05) is 54.2 Å². The summed E-state index contributed by atoms with van der Waals surface area (Å²) in [6.07, 6.45) is 14.7. The van der Waals surface area contributed by atoms with E-state index in [9.17, 15) is 9.59 Å². The molecule has 2 aliphatic rings. The molecule has 46 heavy (non-hydrogen) atoms. The van der Waals surface area contributed by atoms with Gasteiger partial charge in [-0.05, 0) is 116 Å². The summed E-state index contributed by atoms with van der Waals surface area (Å²) in [6, 6.07) is 4.19. The van der Waals surface area contributed by atoms with E-state index in [1.807, 2.05) is 25.3 Å². The van der Waals surface area contributed by atoms with Crippen LogP contribution in [0, 0.1) is 5.92 Å². The molecule has 4 rings (SSSR count). The Morgan fingerprint density at radius 3 is 2.50 bits per heavy atom. The number of nitrogens with one attached hydrogen (secondary N) is 1. The predicted octanol–water partition coefficient (Wildman–Crippen LogP) is 8.70. The molecule has 0 fully saturated rings. The predicted molar refractivity (Wildman–Crippen MR) is 185 cm³/mol. The van der Waals surface area contributed by atoms with E-state index < -0.39 is 0 Å². The van der Waals surface area contributed by atoms with Crippen molar-refractivity contribution < 1.29 is 23.8 Å². The van der Waals surface area contributed by atoms with Crippen molar-refractivity contribution in [1.29, 1.82) is 0 Å². The molecule has 0 spiro atoms. The fourth-order valence-electron chi connectivity index (χ4n) is 7.03. The number of ether oxygens (including phenoxy) is 3. The minimum atomic E-state index is -0.288. The standard InChI is InChI=1S/C39H56N2O5/c1-9-15-27-23-33(38-29-22-26(4)18-19-30(29)39(5,6)46-34(38)24-27)45-36(43)17-14-12-13-16-35(42)44-32(11-3)37-28(20-21-41(7)8)25-40-31(37)10-2/h11,22-25,29-30,40H,9-10,12-21H2,1-8H3/b32-11+. The summed E-state index contributed by atoms with van der Waals surface area (Å²) >= 11 is 0. The lowest BCUT2D eigenvalue weighted by molar-refractivity contribution is -0.136. The molecule has 0 radical (unpaired) electrons. The average Bonchev–Trinajstić information content (AvgIpc) is 3.41. The summed E-state index contributed by atoms with van der Waals surface area (Å²) in [6.45, 7) is 13.6. The molecule has 0 saturated heterocycles. The number of allylic oxidation sites excluding steroid dienone is 3. The van der Waals surface area contributed by atoms with Crippen molar-refractivity contribution in [3.05, 3.63) is 64.0 Å². The maximum Gasteiger partial charge on any atom is 0.311 e. The molecular formula is C39H56N2O5. The van der Waals surface area contributed by atoms with Gasteiger partial charge in [0.05, 0.1) is 0 Å². The van der Waals surface area contributed by atoms with Crippen LogP contribution in [0.3, 0.4) is 0 Å². The van der Waals surface area contributed by atoms with Gasteiger partial charge in [0.15, 0.2) is 0 Å². The molecule has 7 nitrogen and oxygen atoms in total. The molecule has 0 amide bonds. The third-order valence-corrected chi connectivity index (χ3v) is 9.49. The molecule has 1 aromatic carbocycles. The lowest BCUT2D eigenvalue weighted by Crippen LogP contribution is -2.45. The smallest absolute Gasteiger partial charge is 0.311 e. The van der Waals surface area contributed by atoms with Crippen LogP contribution >= 0.6 is 0 Å². The van der Waals surface area contributed by atoms with Gasteiger partial charge in [0.25, 0.3) is 0 Å². The third-order valence-electron chi connectivity index (χ3n) is 9.49. The summed E-state index contributed by atoms with van der Waals surface area (Å²) < 4.78 is 18.6. The number of unbranched alkanes of at least 4 members (excludes halogenated alkanes) is 2. The number of aromatic nitrogens is 1. The summed E-state index contributed by atoms with van der Waals surface area (Å²) in [5.41, 5.74) is 6.48. The number of rotatable bonds is 15. The van der Waals surface area contributed by atoms with Crippen molar-refractivity contribution in [2.75, 3.05) is 20.6 Å².